The lowest BCUT2D eigenvalue weighted by atomic mass is 9.88. The number of piperazine rings is 1. The average Bonchev–Trinajstić information content (AvgIpc) is 2.84. The summed E-state index contributed by atoms with van der Waals surface area (Å²) in [5.74, 6) is 1.41. The van der Waals surface area contributed by atoms with E-state index in [1.54, 1.807) is 0 Å². The molecular formula is C28H42Cl2N2O2. The average molecular weight is 510 g/mol. The highest BCUT2D eigenvalue weighted by Gasteiger charge is 2.24. The van der Waals surface area contributed by atoms with Gasteiger partial charge in [0.25, 0.3) is 0 Å². The molecule has 0 aliphatic carbocycles. The lowest BCUT2D eigenvalue weighted by Crippen LogP contribution is -2.47. The molecule has 0 bridgehead atoms. The molecule has 0 aromatic heterocycles. The van der Waals surface area contributed by atoms with E-state index in [-0.39, 0.29) is 30.7 Å². The fourth-order valence-electron chi connectivity index (χ4n) is 4.62. The zero-order chi connectivity index (χ0) is 22.6. The Labute approximate surface area is 218 Å². The van der Waals surface area contributed by atoms with Crippen molar-refractivity contribution in [2.75, 3.05) is 44.2 Å². The van der Waals surface area contributed by atoms with Gasteiger partial charge in [0.15, 0.2) is 0 Å². The van der Waals surface area contributed by atoms with Crippen molar-refractivity contribution in [3.05, 3.63) is 60.2 Å². The number of nitrogens with zero attached hydrogens (tertiary/aromatic N) is 2. The summed E-state index contributed by atoms with van der Waals surface area (Å²) < 4.78 is 5.83. The van der Waals surface area contributed by atoms with Gasteiger partial charge >= 0.3 is 0 Å². The smallest absolute Gasteiger partial charge is 0.142 e. The third-order valence-electron chi connectivity index (χ3n) is 6.48. The van der Waals surface area contributed by atoms with E-state index in [1.807, 2.05) is 19.1 Å². The van der Waals surface area contributed by atoms with Gasteiger partial charge in [-0.3, -0.25) is 9.69 Å². The second-order valence-corrected chi connectivity index (χ2v) is 8.76. The molecular weight excluding hydrogens is 467 g/mol. The first kappa shape index (κ1) is 30.3. The number of hydrogen-bond donors (Lipinski definition) is 0. The number of rotatable bonds is 13. The number of hydrogen-bond acceptors (Lipinski definition) is 4. The maximum atomic E-state index is 13.1. The molecule has 2 aromatic carbocycles. The number of halogens is 2. The number of carbonyl (C=O) groups excluding carboxylic acids is 1. The molecule has 1 atom stereocenters. The molecule has 0 spiro atoms. The van der Waals surface area contributed by atoms with Crippen LogP contribution in [0.25, 0.3) is 0 Å². The van der Waals surface area contributed by atoms with Gasteiger partial charge in [0.1, 0.15) is 11.5 Å². The predicted molar refractivity (Wildman–Crippen MR) is 148 cm³/mol. The van der Waals surface area contributed by atoms with Crippen molar-refractivity contribution in [3.63, 3.8) is 0 Å². The van der Waals surface area contributed by atoms with Crippen molar-refractivity contribution in [2.24, 2.45) is 0 Å². The Hall–Kier alpha value is -1.75. The van der Waals surface area contributed by atoms with Crippen LogP contribution in [0, 0.1) is 0 Å². The number of Topliss-reactive ketones (excluding diaryl/α,β-unsaturated/α-hetero) is 1. The molecule has 3 rings (SSSR count). The topological polar surface area (TPSA) is 32.8 Å². The summed E-state index contributed by atoms with van der Waals surface area (Å²) in [7, 11) is 0. The fraction of sp³-hybridized carbons (Fsp3) is 0.536. The summed E-state index contributed by atoms with van der Waals surface area (Å²) in [5.41, 5.74) is 2.37. The summed E-state index contributed by atoms with van der Waals surface area (Å²) in [6.07, 6.45) is 6.23. The van der Waals surface area contributed by atoms with Gasteiger partial charge in [-0.2, -0.15) is 0 Å². The van der Waals surface area contributed by atoms with E-state index in [4.69, 9.17) is 4.74 Å². The molecule has 1 aliphatic heterocycles. The summed E-state index contributed by atoms with van der Waals surface area (Å²) in [6.45, 7) is 9.92. The largest absolute Gasteiger partial charge is 0.492 e. The van der Waals surface area contributed by atoms with Crippen LogP contribution >= 0.6 is 24.8 Å². The number of benzene rings is 2. The predicted octanol–water partition coefficient (Wildman–Crippen LogP) is 6.76. The molecule has 1 fully saturated rings. The molecule has 34 heavy (non-hydrogen) atoms. The van der Waals surface area contributed by atoms with Gasteiger partial charge in [0, 0.05) is 38.5 Å². The van der Waals surface area contributed by atoms with Gasteiger partial charge in [-0.15, -0.1) is 24.8 Å². The van der Waals surface area contributed by atoms with E-state index >= 15 is 0 Å². The molecule has 0 saturated carbocycles. The Balaban J connectivity index is 0.00000289. The van der Waals surface area contributed by atoms with Crippen molar-refractivity contribution in [1.29, 1.82) is 0 Å². The number of anilines is 1. The molecule has 1 heterocycles. The van der Waals surface area contributed by atoms with E-state index in [2.05, 4.69) is 59.2 Å². The van der Waals surface area contributed by atoms with Crippen LogP contribution in [0.2, 0.25) is 0 Å². The van der Waals surface area contributed by atoms with Crippen LogP contribution in [0.1, 0.15) is 63.9 Å². The SMILES string of the molecule is CCCCCCC(=O)C(CCN1CCN(c2ccccc2OCC)CC1)c1ccccc1.Cl.Cl. The number of unbranched alkanes of at least 4 members (excludes halogenated alkanes) is 3. The van der Waals surface area contributed by atoms with Crippen LogP contribution in [0.3, 0.4) is 0 Å². The van der Waals surface area contributed by atoms with Gasteiger partial charge in [-0.05, 0) is 44.0 Å². The minimum Gasteiger partial charge on any atom is -0.492 e. The number of ketones is 1. The normalized spacial score (nSPS) is 14.6. The zero-order valence-electron chi connectivity index (χ0n) is 20.8. The summed E-state index contributed by atoms with van der Waals surface area (Å²) >= 11 is 0. The summed E-state index contributed by atoms with van der Waals surface area (Å²) in [5, 5.41) is 0. The molecule has 1 unspecified atom stereocenters. The quantitative estimate of drug-likeness (QED) is 0.279. The molecule has 190 valence electrons. The molecule has 0 N–H and O–H groups in total. The third kappa shape index (κ3) is 9.13. The Kier molecular flexibility index (Phi) is 15.0. The van der Waals surface area contributed by atoms with E-state index < -0.39 is 0 Å². The lowest BCUT2D eigenvalue weighted by Gasteiger charge is -2.37. The van der Waals surface area contributed by atoms with Crippen LogP contribution < -0.4 is 9.64 Å². The minimum absolute atomic E-state index is 0. The summed E-state index contributed by atoms with van der Waals surface area (Å²) in [6, 6.07) is 18.7. The lowest BCUT2D eigenvalue weighted by molar-refractivity contribution is -0.120. The zero-order valence-corrected chi connectivity index (χ0v) is 22.4. The fourth-order valence-corrected chi connectivity index (χ4v) is 4.62. The van der Waals surface area contributed by atoms with Crippen molar-refractivity contribution in [2.45, 2.75) is 58.3 Å². The maximum Gasteiger partial charge on any atom is 0.142 e. The highest BCUT2D eigenvalue weighted by atomic mass is 35.5. The van der Waals surface area contributed by atoms with Crippen molar-refractivity contribution in [1.82, 2.24) is 4.90 Å². The molecule has 1 aliphatic rings. The van der Waals surface area contributed by atoms with Crippen molar-refractivity contribution < 1.29 is 9.53 Å². The summed E-state index contributed by atoms with van der Waals surface area (Å²) in [4.78, 5) is 18.0. The monoisotopic (exact) mass is 508 g/mol. The second-order valence-electron chi connectivity index (χ2n) is 8.76. The van der Waals surface area contributed by atoms with Crippen LogP contribution in [0.5, 0.6) is 5.75 Å². The molecule has 0 amide bonds. The first-order valence-electron chi connectivity index (χ1n) is 12.5. The van der Waals surface area contributed by atoms with E-state index in [9.17, 15) is 4.79 Å². The van der Waals surface area contributed by atoms with Crippen LogP contribution in [-0.2, 0) is 4.79 Å². The van der Waals surface area contributed by atoms with E-state index in [0.29, 0.717) is 18.8 Å². The Morgan fingerprint density at radius 2 is 1.56 bits per heavy atom. The molecule has 2 aromatic rings. The molecule has 0 radical (unpaired) electrons. The van der Waals surface area contributed by atoms with Crippen LogP contribution in [0.15, 0.2) is 54.6 Å². The van der Waals surface area contributed by atoms with Crippen LogP contribution in [-0.4, -0.2) is 50.0 Å². The van der Waals surface area contributed by atoms with Gasteiger partial charge in [0.2, 0.25) is 0 Å². The van der Waals surface area contributed by atoms with Gasteiger partial charge in [-0.25, -0.2) is 0 Å². The first-order chi connectivity index (χ1) is 15.7. The van der Waals surface area contributed by atoms with Gasteiger partial charge in [0.05, 0.1) is 12.3 Å². The highest BCUT2D eigenvalue weighted by Crippen LogP contribution is 2.29. The second kappa shape index (κ2) is 16.8. The third-order valence-corrected chi connectivity index (χ3v) is 6.48. The van der Waals surface area contributed by atoms with E-state index in [1.165, 1.54) is 24.1 Å². The minimum atomic E-state index is 0. The first-order valence-corrected chi connectivity index (χ1v) is 12.5. The standard InChI is InChI=1S/C28H40N2O2.2ClH/c1-3-5-6-10-16-27(31)25(24-13-8-7-9-14-24)18-19-29-20-22-30(23-21-29)26-15-11-12-17-28(26)32-4-2;;/h7-9,11-15,17,25H,3-6,10,16,18-23H2,1-2H3;2*1H. The Morgan fingerprint density at radius 3 is 2.24 bits per heavy atom. The van der Waals surface area contributed by atoms with E-state index in [0.717, 1.165) is 57.7 Å². The van der Waals surface area contributed by atoms with Crippen molar-refractivity contribution in [3.8, 4) is 5.75 Å². The van der Waals surface area contributed by atoms with Crippen molar-refractivity contribution >= 4 is 36.3 Å². The number of carbonyl (C=O) groups is 1. The van der Waals surface area contributed by atoms with Gasteiger partial charge in [-0.1, -0.05) is 68.7 Å². The Bertz CT molecular complexity index is 811. The number of para-hydroxylation sites is 2. The maximum absolute atomic E-state index is 13.1. The number of ether oxygens (including phenoxy) is 1. The highest BCUT2D eigenvalue weighted by molar-refractivity contribution is 5.86. The van der Waals surface area contributed by atoms with Gasteiger partial charge < -0.3 is 9.64 Å². The molecule has 6 heteroatoms. The Morgan fingerprint density at radius 1 is 0.882 bits per heavy atom. The van der Waals surface area contributed by atoms with Crippen LogP contribution in [0.4, 0.5) is 5.69 Å². The molecule has 4 nitrogen and oxygen atoms in total. The molecule has 1 saturated heterocycles.